The van der Waals surface area contributed by atoms with Crippen LogP contribution in [0, 0.1) is 0 Å². The van der Waals surface area contributed by atoms with Gasteiger partial charge in [0.15, 0.2) is 0 Å². The molecular formula is C31H36BrN3O4S. The molecule has 7 nitrogen and oxygen atoms in total. The highest BCUT2D eigenvalue weighted by molar-refractivity contribution is 9.10. The second-order valence-corrected chi connectivity index (χ2v) is 12.9. The predicted octanol–water partition coefficient (Wildman–Crippen LogP) is 5.68. The lowest BCUT2D eigenvalue weighted by atomic mass is 10.1. The van der Waals surface area contributed by atoms with Crippen molar-refractivity contribution in [3.8, 4) is 0 Å². The van der Waals surface area contributed by atoms with Crippen LogP contribution >= 0.6 is 15.9 Å². The summed E-state index contributed by atoms with van der Waals surface area (Å²) in [5.41, 5.74) is 2.28. The molecule has 0 unspecified atom stereocenters. The first kappa shape index (κ1) is 29.8. The highest BCUT2D eigenvalue weighted by atomic mass is 79.9. The lowest BCUT2D eigenvalue weighted by Crippen LogP contribution is -2.52. The molecule has 3 aromatic carbocycles. The largest absolute Gasteiger partial charge is 0.352 e. The van der Waals surface area contributed by atoms with E-state index in [9.17, 15) is 18.0 Å². The zero-order chi connectivity index (χ0) is 28.7. The van der Waals surface area contributed by atoms with Crippen molar-refractivity contribution in [3.05, 3.63) is 94.5 Å². The number of benzene rings is 3. The molecule has 0 aliphatic heterocycles. The third-order valence-corrected chi connectivity index (χ3v) is 9.69. The number of hydrogen-bond donors (Lipinski definition) is 1. The second-order valence-electron chi connectivity index (χ2n) is 10.2. The van der Waals surface area contributed by atoms with Crippen molar-refractivity contribution in [3.63, 3.8) is 0 Å². The van der Waals surface area contributed by atoms with Gasteiger partial charge in [-0.2, -0.15) is 0 Å². The van der Waals surface area contributed by atoms with Crippen molar-refractivity contribution >= 4 is 43.5 Å². The summed E-state index contributed by atoms with van der Waals surface area (Å²) in [6.07, 6.45) is 4.80. The van der Waals surface area contributed by atoms with E-state index in [0.717, 1.165) is 52.0 Å². The number of halogens is 1. The Morgan fingerprint density at radius 1 is 0.925 bits per heavy atom. The minimum atomic E-state index is -4.07. The summed E-state index contributed by atoms with van der Waals surface area (Å²) in [7, 11) is -4.07. The first-order valence-electron chi connectivity index (χ1n) is 13.7. The summed E-state index contributed by atoms with van der Waals surface area (Å²) in [5.74, 6) is -0.696. The normalized spacial score (nSPS) is 14.5. The van der Waals surface area contributed by atoms with Gasteiger partial charge in [-0.1, -0.05) is 78.2 Å². The van der Waals surface area contributed by atoms with E-state index in [0.29, 0.717) is 5.69 Å². The van der Waals surface area contributed by atoms with Crippen LogP contribution in [0.15, 0.2) is 88.2 Å². The van der Waals surface area contributed by atoms with E-state index in [4.69, 9.17) is 0 Å². The minimum Gasteiger partial charge on any atom is -0.352 e. The van der Waals surface area contributed by atoms with Crippen molar-refractivity contribution in [2.75, 3.05) is 10.8 Å². The molecule has 212 valence electrons. The molecule has 1 aliphatic carbocycles. The lowest BCUT2D eigenvalue weighted by molar-refractivity contribution is -0.139. The van der Waals surface area contributed by atoms with E-state index < -0.39 is 28.5 Å². The maximum Gasteiger partial charge on any atom is 0.264 e. The molecule has 1 fully saturated rings. The van der Waals surface area contributed by atoms with Crippen LogP contribution in [0.4, 0.5) is 5.69 Å². The Kier molecular flexibility index (Phi) is 10.0. The average Bonchev–Trinajstić information content (AvgIpc) is 3.48. The fourth-order valence-electron chi connectivity index (χ4n) is 4.91. The lowest BCUT2D eigenvalue weighted by Gasteiger charge is -2.32. The molecule has 2 amide bonds. The van der Waals surface area contributed by atoms with Crippen molar-refractivity contribution in [1.29, 1.82) is 0 Å². The summed E-state index contributed by atoms with van der Waals surface area (Å²) in [6, 6.07) is 22.1. The van der Waals surface area contributed by atoms with Gasteiger partial charge in [-0.05, 0) is 73.7 Å². The van der Waals surface area contributed by atoms with Crippen molar-refractivity contribution in [2.24, 2.45) is 0 Å². The Morgan fingerprint density at radius 2 is 1.52 bits per heavy atom. The number of carbonyl (C=O) groups is 2. The van der Waals surface area contributed by atoms with Gasteiger partial charge in [0.2, 0.25) is 11.8 Å². The van der Waals surface area contributed by atoms with Gasteiger partial charge in [0.25, 0.3) is 10.0 Å². The number of aryl methyl sites for hydroxylation is 1. The van der Waals surface area contributed by atoms with Gasteiger partial charge >= 0.3 is 0 Å². The standard InChI is InChI=1S/C31H36BrN3O4S/c1-3-24-15-19-28(20-16-24)35(40(38,39)29-11-5-4-6-12-29)22-30(36)34(21-25-13-17-26(32)18-14-25)23(2)31(37)33-27-9-7-8-10-27/h4-6,11-20,23,27H,3,7-10,21-22H2,1-2H3,(H,33,37)/t23-/m0/s1. The van der Waals surface area contributed by atoms with Crippen LogP contribution < -0.4 is 9.62 Å². The van der Waals surface area contributed by atoms with Crippen LogP contribution in [0.3, 0.4) is 0 Å². The van der Waals surface area contributed by atoms with Gasteiger partial charge in [-0.3, -0.25) is 13.9 Å². The highest BCUT2D eigenvalue weighted by Crippen LogP contribution is 2.25. The molecule has 4 rings (SSSR count). The Hall–Kier alpha value is -3.17. The maximum atomic E-state index is 14.0. The fraction of sp³-hybridized carbons (Fsp3) is 0.355. The molecule has 0 aromatic heterocycles. The summed E-state index contributed by atoms with van der Waals surface area (Å²) in [5, 5.41) is 3.09. The Balaban J connectivity index is 1.67. The molecule has 0 radical (unpaired) electrons. The smallest absolute Gasteiger partial charge is 0.264 e. The molecule has 3 aromatic rings. The Morgan fingerprint density at radius 3 is 2.12 bits per heavy atom. The molecule has 1 saturated carbocycles. The SMILES string of the molecule is CCc1ccc(N(CC(=O)N(Cc2ccc(Br)cc2)[C@@H](C)C(=O)NC2CCCC2)S(=O)(=O)c2ccccc2)cc1. The van der Waals surface area contributed by atoms with Gasteiger partial charge in [0, 0.05) is 17.1 Å². The van der Waals surface area contributed by atoms with Crippen LogP contribution in [0.2, 0.25) is 0 Å². The zero-order valence-electron chi connectivity index (χ0n) is 22.9. The number of hydrogen-bond acceptors (Lipinski definition) is 4. The van der Waals surface area contributed by atoms with Crippen molar-refractivity contribution in [2.45, 2.75) is 69.5 Å². The van der Waals surface area contributed by atoms with Gasteiger partial charge in [-0.25, -0.2) is 8.42 Å². The van der Waals surface area contributed by atoms with Gasteiger partial charge in [-0.15, -0.1) is 0 Å². The Labute approximate surface area is 245 Å². The number of amides is 2. The monoisotopic (exact) mass is 625 g/mol. The van der Waals surface area contributed by atoms with Gasteiger partial charge < -0.3 is 10.2 Å². The third-order valence-electron chi connectivity index (χ3n) is 7.38. The van der Waals surface area contributed by atoms with Crippen LogP contribution in [0.5, 0.6) is 0 Å². The second kappa shape index (κ2) is 13.5. The van der Waals surface area contributed by atoms with Crippen LogP contribution in [-0.4, -0.2) is 43.8 Å². The van der Waals surface area contributed by atoms with Crippen molar-refractivity contribution in [1.82, 2.24) is 10.2 Å². The summed E-state index contributed by atoms with van der Waals surface area (Å²) in [6.45, 7) is 3.45. The average molecular weight is 627 g/mol. The summed E-state index contributed by atoms with van der Waals surface area (Å²) >= 11 is 3.44. The van der Waals surface area contributed by atoms with E-state index in [-0.39, 0.29) is 23.4 Å². The van der Waals surface area contributed by atoms with Crippen LogP contribution in [0.25, 0.3) is 0 Å². The fourth-order valence-corrected chi connectivity index (χ4v) is 6.61. The van der Waals surface area contributed by atoms with Crippen molar-refractivity contribution < 1.29 is 18.0 Å². The third kappa shape index (κ3) is 7.31. The maximum absolute atomic E-state index is 14.0. The van der Waals surface area contributed by atoms with Crippen LogP contribution in [-0.2, 0) is 32.6 Å². The molecule has 9 heteroatoms. The number of sulfonamides is 1. The molecule has 0 bridgehead atoms. The number of carbonyl (C=O) groups excluding carboxylic acids is 2. The summed E-state index contributed by atoms with van der Waals surface area (Å²) < 4.78 is 29.7. The Bertz CT molecular complexity index is 1390. The molecule has 1 N–H and O–H groups in total. The van der Waals surface area contributed by atoms with E-state index in [1.54, 1.807) is 37.3 Å². The minimum absolute atomic E-state index is 0.0915. The molecule has 0 saturated heterocycles. The predicted molar refractivity (Wildman–Crippen MR) is 161 cm³/mol. The number of nitrogens with one attached hydrogen (secondary N) is 1. The topological polar surface area (TPSA) is 86.8 Å². The first-order chi connectivity index (χ1) is 19.2. The molecular weight excluding hydrogens is 590 g/mol. The highest BCUT2D eigenvalue weighted by Gasteiger charge is 2.33. The van der Waals surface area contributed by atoms with Crippen LogP contribution in [0.1, 0.15) is 50.7 Å². The molecule has 40 heavy (non-hydrogen) atoms. The van der Waals surface area contributed by atoms with Gasteiger partial charge in [0.05, 0.1) is 10.6 Å². The van der Waals surface area contributed by atoms with E-state index in [2.05, 4.69) is 21.2 Å². The van der Waals surface area contributed by atoms with E-state index in [1.807, 2.05) is 43.3 Å². The van der Waals surface area contributed by atoms with E-state index >= 15 is 0 Å². The first-order valence-corrected chi connectivity index (χ1v) is 15.9. The number of anilines is 1. The molecule has 0 spiro atoms. The van der Waals surface area contributed by atoms with E-state index in [1.165, 1.54) is 17.0 Å². The number of nitrogens with zero attached hydrogens (tertiary/aromatic N) is 2. The summed E-state index contributed by atoms with van der Waals surface area (Å²) in [4.78, 5) is 28.9. The molecule has 1 aliphatic rings. The molecule has 1 atom stereocenters. The quantitative estimate of drug-likeness (QED) is 0.297. The molecule has 0 heterocycles. The zero-order valence-corrected chi connectivity index (χ0v) is 25.3. The number of rotatable bonds is 11. The van der Waals surface area contributed by atoms with Gasteiger partial charge in [0.1, 0.15) is 12.6 Å².